The van der Waals surface area contributed by atoms with Gasteiger partial charge in [-0.2, -0.15) is 0 Å². The van der Waals surface area contributed by atoms with Crippen molar-refractivity contribution in [2.24, 2.45) is 11.8 Å². The lowest BCUT2D eigenvalue weighted by Crippen LogP contribution is -2.29. The molecule has 0 bridgehead atoms. The Morgan fingerprint density at radius 1 is 1.20 bits per heavy atom. The molecule has 1 fully saturated rings. The van der Waals surface area contributed by atoms with Crippen LogP contribution in [-0.4, -0.2) is 6.04 Å². The summed E-state index contributed by atoms with van der Waals surface area (Å²) >= 11 is 0. The van der Waals surface area contributed by atoms with Gasteiger partial charge >= 0.3 is 0 Å². The van der Waals surface area contributed by atoms with Gasteiger partial charge in [0.15, 0.2) is 0 Å². The third-order valence-corrected chi connectivity index (χ3v) is 3.27. The van der Waals surface area contributed by atoms with Crippen LogP contribution >= 0.6 is 0 Å². The van der Waals surface area contributed by atoms with E-state index >= 15 is 0 Å². The summed E-state index contributed by atoms with van der Waals surface area (Å²) in [4.78, 5) is 0. The molecule has 1 aromatic rings. The number of benzene rings is 1. The fourth-order valence-electron chi connectivity index (χ4n) is 2.30. The van der Waals surface area contributed by atoms with Crippen LogP contribution in [0.25, 0.3) is 0 Å². The second-order valence-electron chi connectivity index (χ2n) is 5.09. The van der Waals surface area contributed by atoms with Gasteiger partial charge in [-0.1, -0.05) is 51.1 Å². The van der Waals surface area contributed by atoms with E-state index in [1.165, 1.54) is 12.0 Å². The molecule has 1 heteroatoms. The Kier molecular flexibility index (Phi) is 3.11. The molecule has 1 saturated carbocycles. The number of hydrogen-bond acceptors (Lipinski definition) is 1. The quantitative estimate of drug-likeness (QED) is 0.791. The van der Waals surface area contributed by atoms with Crippen LogP contribution in [0, 0.1) is 11.8 Å². The van der Waals surface area contributed by atoms with Gasteiger partial charge in [0.05, 0.1) is 0 Å². The van der Waals surface area contributed by atoms with Gasteiger partial charge in [-0.15, -0.1) is 0 Å². The molecule has 15 heavy (non-hydrogen) atoms. The highest BCUT2D eigenvalue weighted by Crippen LogP contribution is 2.47. The molecule has 1 aromatic carbocycles. The Balaban J connectivity index is 2.12. The van der Waals surface area contributed by atoms with Crippen LogP contribution in [0.3, 0.4) is 0 Å². The molecule has 0 heterocycles. The molecule has 0 spiro atoms. The van der Waals surface area contributed by atoms with Crippen molar-refractivity contribution in [1.29, 1.82) is 0 Å². The lowest BCUT2D eigenvalue weighted by atomic mass is 10.0. The van der Waals surface area contributed by atoms with Crippen molar-refractivity contribution in [3.05, 3.63) is 35.9 Å². The monoisotopic (exact) mass is 203 g/mol. The van der Waals surface area contributed by atoms with Crippen molar-refractivity contribution in [2.75, 3.05) is 0 Å². The Morgan fingerprint density at radius 2 is 1.80 bits per heavy atom. The molecule has 0 aromatic heterocycles. The predicted molar refractivity (Wildman–Crippen MR) is 64.7 cm³/mol. The van der Waals surface area contributed by atoms with Crippen molar-refractivity contribution in [3.8, 4) is 0 Å². The van der Waals surface area contributed by atoms with E-state index in [2.05, 4.69) is 56.4 Å². The van der Waals surface area contributed by atoms with Crippen LogP contribution in [0.4, 0.5) is 0 Å². The smallest absolute Gasteiger partial charge is 0.0353 e. The number of hydrogen-bond donors (Lipinski definition) is 1. The molecule has 1 nitrogen and oxygen atoms in total. The molecular formula is C14H21N. The SMILES string of the molecule is CC(C)NC(c1ccccc1)C1CC1C. The zero-order valence-electron chi connectivity index (χ0n) is 9.90. The van der Waals surface area contributed by atoms with E-state index in [1.54, 1.807) is 0 Å². The Labute approximate surface area is 92.9 Å². The molecule has 3 atom stereocenters. The Hall–Kier alpha value is -0.820. The van der Waals surface area contributed by atoms with Crippen molar-refractivity contribution in [2.45, 2.75) is 39.3 Å². The minimum atomic E-state index is 0.557. The highest BCUT2D eigenvalue weighted by Gasteiger charge is 2.40. The summed E-state index contributed by atoms with van der Waals surface area (Å²) in [5.74, 6) is 1.73. The van der Waals surface area contributed by atoms with Crippen molar-refractivity contribution < 1.29 is 0 Å². The summed E-state index contributed by atoms with van der Waals surface area (Å²) in [6.45, 7) is 6.80. The van der Waals surface area contributed by atoms with Gasteiger partial charge < -0.3 is 5.32 Å². The van der Waals surface area contributed by atoms with Gasteiger partial charge in [0.2, 0.25) is 0 Å². The van der Waals surface area contributed by atoms with E-state index in [1.807, 2.05) is 0 Å². The number of rotatable bonds is 4. The first-order valence-electron chi connectivity index (χ1n) is 5.99. The van der Waals surface area contributed by atoms with Crippen LogP contribution in [0.1, 0.15) is 38.8 Å². The van der Waals surface area contributed by atoms with Crippen molar-refractivity contribution in [1.82, 2.24) is 5.32 Å². The van der Waals surface area contributed by atoms with E-state index in [9.17, 15) is 0 Å². The second-order valence-corrected chi connectivity index (χ2v) is 5.09. The van der Waals surface area contributed by atoms with Gasteiger partial charge in [0, 0.05) is 12.1 Å². The maximum Gasteiger partial charge on any atom is 0.0353 e. The van der Waals surface area contributed by atoms with Crippen LogP contribution in [0.15, 0.2) is 30.3 Å². The van der Waals surface area contributed by atoms with Crippen LogP contribution in [-0.2, 0) is 0 Å². The van der Waals surface area contributed by atoms with Gasteiger partial charge in [-0.05, 0) is 23.8 Å². The zero-order valence-corrected chi connectivity index (χ0v) is 9.90. The fourth-order valence-corrected chi connectivity index (χ4v) is 2.30. The summed E-state index contributed by atoms with van der Waals surface area (Å²) in [5.41, 5.74) is 1.44. The van der Waals surface area contributed by atoms with E-state index < -0.39 is 0 Å². The molecule has 1 aliphatic carbocycles. The molecule has 0 radical (unpaired) electrons. The van der Waals surface area contributed by atoms with Gasteiger partial charge in [-0.3, -0.25) is 0 Å². The van der Waals surface area contributed by atoms with Crippen LogP contribution in [0.2, 0.25) is 0 Å². The topological polar surface area (TPSA) is 12.0 Å². The Bertz CT molecular complexity index is 304. The first-order chi connectivity index (χ1) is 7.18. The van der Waals surface area contributed by atoms with E-state index in [0.717, 1.165) is 11.8 Å². The molecular weight excluding hydrogens is 182 g/mol. The van der Waals surface area contributed by atoms with E-state index in [0.29, 0.717) is 12.1 Å². The highest BCUT2D eigenvalue weighted by molar-refractivity contribution is 5.21. The zero-order chi connectivity index (χ0) is 10.8. The van der Waals surface area contributed by atoms with Crippen molar-refractivity contribution >= 4 is 0 Å². The minimum absolute atomic E-state index is 0.557. The molecule has 1 aliphatic rings. The normalized spacial score (nSPS) is 26.7. The highest BCUT2D eigenvalue weighted by atomic mass is 15.0. The standard InChI is InChI=1S/C14H21N/c1-10(2)15-14(13-9-11(13)3)12-7-5-4-6-8-12/h4-8,10-11,13-15H,9H2,1-3H3. The Morgan fingerprint density at radius 3 is 2.27 bits per heavy atom. The molecule has 82 valence electrons. The number of nitrogens with one attached hydrogen (secondary N) is 1. The summed E-state index contributed by atoms with van der Waals surface area (Å²) in [6, 6.07) is 12.0. The third kappa shape index (κ3) is 2.60. The van der Waals surface area contributed by atoms with Crippen LogP contribution < -0.4 is 5.32 Å². The van der Waals surface area contributed by atoms with Crippen LogP contribution in [0.5, 0.6) is 0 Å². The average Bonchev–Trinajstić information content (AvgIpc) is 2.93. The lowest BCUT2D eigenvalue weighted by molar-refractivity contribution is 0.422. The molecule has 1 N–H and O–H groups in total. The van der Waals surface area contributed by atoms with E-state index in [4.69, 9.17) is 0 Å². The maximum atomic E-state index is 3.69. The first kappa shape index (κ1) is 10.7. The summed E-state index contributed by atoms with van der Waals surface area (Å²) in [5, 5.41) is 3.69. The maximum absolute atomic E-state index is 3.69. The fraction of sp³-hybridized carbons (Fsp3) is 0.571. The molecule has 0 aliphatic heterocycles. The molecule has 0 saturated heterocycles. The van der Waals surface area contributed by atoms with Gasteiger partial charge in [0.1, 0.15) is 0 Å². The largest absolute Gasteiger partial charge is 0.307 e. The second kappa shape index (κ2) is 4.36. The van der Waals surface area contributed by atoms with E-state index in [-0.39, 0.29) is 0 Å². The summed E-state index contributed by atoms with van der Waals surface area (Å²) in [6.07, 6.45) is 1.37. The first-order valence-corrected chi connectivity index (χ1v) is 5.99. The molecule has 3 unspecified atom stereocenters. The van der Waals surface area contributed by atoms with Crippen molar-refractivity contribution in [3.63, 3.8) is 0 Å². The summed E-state index contributed by atoms with van der Waals surface area (Å²) < 4.78 is 0. The molecule has 2 rings (SSSR count). The molecule has 0 amide bonds. The van der Waals surface area contributed by atoms with Gasteiger partial charge in [0.25, 0.3) is 0 Å². The minimum Gasteiger partial charge on any atom is -0.307 e. The average molecular weight is 203 g/mol. The summed E-state index contributed by atoms with van der Waals surface area (Å²) in [7, 11) is 0. The van der Waals surface area contributed by atoms with Gasteiger partial charge in [-0.25, -0.2) is 0 Å². The predicted octanol–water partition coefficient (Wildman–Crippen LogP) is 3.38. The third-order valence-electron chi connectivity index (χ3n) is 3.27. The lowest BCUT2D eigenvalue weighted by Gasteiger charge is -2.22.